The number of aromatic nitrogens is 1. The van der Waals surface area contributed by atoms with Gasteiger partial charge in [0.25, 0.3) is 0 Å². The molecule has 0 spiro atoms. The van der Waals surface area contributed by atoms with Crippen LogP contribution in [-0.4, -0.2) is 35.8 Å². The Balaban J connectivity index is 2.14. The van der Waals surface area contributed by atoms with Crippen LogP contribution in [0.5, 0.6) is 0 Å². The van der Waals surface area contributed by atoms with Crippen LogP contribution >= 0.6 is 0 Å². The van der Waals surface area contributed by atoms with Gasteiger partial charge in [0.05, 0.1) is 24.1 Å². The van der Waals surface area contributed by atoms with Crippen LogP contribution in [0.2, 0.25) is 0 Å². The van der Waals surface area contributed by atoms with Crippen LogP contribution in [0.3, 0.4) is 0 Å². The fourth-order valence-electron chi connectivity index (χ4n) is 2.58. The van der Waals surface area contributed by atoms with Crippen molar-refractivity contribution < 1.29 is 4.74 Å². The van der Waals surface area contributed by atoms with Crippen molar-refractivity contribution in [2.75, 3.05) is 18.0 Å². The molecule has 2 atom stereocenters. The Labute approximate surface area is 122 Å². The molecule has 2 rings (SSSR count). The van der Waals surface area contributed by atoms with Gasteiger partial charge in [0.1, 0.15) is 0 Å². The van der Waals surface area contributed by atoms with E-state index in [0.717, 1.165) is 19.6 Å². The van der Waals surface area contributed by atoms with Gasteiger partial charge in [0.15, 0.2) is 0 Å². The van der Waals surface area contributed by atoms with Gasteiger partial charge >= 0.3 is 0 Å². The minimum Gasteiger partial charge on any atom is -0.372 e. The molecule has 0 aliphatic carbocycles. The Morgan fingerprint density at radius 3 is 2.55 bits per heavy atom. The Morgan fingerprint density at radius 1 is 1.30 bits per heavy atom. The van der Waals surface area contributed by atoms with Gasteiger partial charge in [-0.25, -0.2) is 0 Å². The normalized spacial score (nSPS) is 23.9. The Kier molecular flexibility index (Phi) is 4.66. The van der Waals surface area contributed by atoms with E-state index in [2.05, 4.69) is 55.9 Å². The summed E-state index contributed by atoms with van der Waals surface area (Å²) in [7, 11) is 0. The standard InChI is InChI=1S/C16H27N3O/c1-12-10-19(11-13(2)20-12)15-9-17-7-6-14(15)8-18-16(3,4)5/h6-7,9,12-13,18H,8,10-11H2,1-5H3/t12-,13+. The smallest absolute Gasteiger partial charge is 0.0726 e. The minimum absolute atomic E-state index is 0.117. The molecular formula is C16H27N3O. The molecule has 4 heteroatoms. The zero-order valence-electron chi connectivity index (χ0n) is 13.3. The van der Waals surface area contributed by atoms with E-state index >= 15 is 0 Å². The number of hydrogen-bond acceptors (Lipinski definition) is 4. The molecule has 0 aromatic carbocycles. The first kappa shape index (κ1) is 15.3. The van der Waals surface area contributed by atoms with Crippen molar-refractivity contribution >= 4 is 5.69 Å². The maximum absolute atomic E-state index is 5.81. The summed E-state index contributed by atoms with van der Waals surface area (Å²) in [5.74, 6) is 0. The molecule has 1 fully saturated rings. The van der Waals surface area contributed by atoms with Gasteiger partial charge < -0.3 is 15.0 Å². The van der Waals surface area contributed by atoms with E-state index in [4.69, 9.17) is 4.74 Å². The maximum Gasteiger partial charge on any atom is 0.0726 e. The fourth-order valence-corrected chi connectivity index (χ4v) is 2.58. The van der Waals surface area contributed by atoms with Gasteiger partial charge in [-0.15, -0.1) is 0 Å². The van der Waals surface area contributed by atoms with E-state index in [0.29, 0.717) is 0 Å². The highest BCUT2D eigenvalue weighted by molar-refractivity contribution is 5.52. The average molecular weight is 277 g/mol. The second-order valence-corrected chi connectivity index (χ2v) is 6.77. The number of pyridine rings is 1. The average Bonchev–Trinajstić information content (AvgIpc) is 2.34. The van der Waals surface area contributed by atoms with Crippen molar-refractivity contribution in [1.82, 2.24) is 10.3 Å². The quantitative estimate of drug-likeness (QED) is 0.921. The molecule has 112 valence electrons. The number of rotatable bonds is 3. The van der Waals surface area contributed by atoms with Crippen molar-refractivity contribution in [1.29, 1.82) is 0 Å². The first-order valence-corrected chi connectivity index (χ1v) is 7.43. The SMILES string of the molecule is C[C@@H]1CN(c2cnccc2CNC(C)(C)C)C[C@H](C)O1. The molecule has 1 aliphatic rings. The summed E-state index contributed by atoms with van der Waals surface area (Å²) in [5.41, 5.74) is 2.65. The van der Waals surface area contributed by atoms with E-state index in [1.807, 2.05) is 12.4 Å². The zero-order valence-corrected chi connectivity index (χ0v) is 13.3. The third-order valence-electron chi connectivity index (χ3n) is 3.46. The first-order chi connectivity index (χ1) is 9.35. The number of hydrogen-bond donors (Lipinski definition) is 1. The molecule has 1 N–H and O–H groups in total. The molecule has 4 nitrogen and oxygen atoms in total. The van der Waals surface area contributed by atoms with Crippen LogP contribution in [-0.2, 0) is 11.3 Å². The summed E-state index contributed by atoms with van der Waals surface area (Å²) < 4.78 is 5.81. The van der Waals surface area contributed by atoms with Crippen LogP contribution in [0.15, 0.2) is 18.5 Å². The third kappa shape index (κ3) is 4.18. The molecule has 20 heavy (non-hydrogen) atoms. The van der Waals surface area contributed by atoms with Crippen molar-refractivity contribution in [3.05, 3.63) is 24.0 Å². The van der Waals surface area contributed by atoms with Gasteiger partial charge in [0, 0.05) is 31.4 Å². The summed E-state index contributed by atoms with van der Waals surface area (Å²) in [4.78, 5) is 6.70. The molecule has 0 radical (unpaired) electrons. The Hall–Kier alpha value is -1.13. The second kappa shape index (κ2) is 6.10. The van der Waals surface area contributed by atoms with E-state index in [1.165, 1.54) is 11.3 Å². The summed E-state index contributed by atoms with van der Waals surface area (Å²) in [6.45, 7) is 13.5. The van der Waals surface area contributed by atoms with Crippen LogP contribution in [0, 0.1) is 0 Å². The first-order valence-electron chi connectivity index (χ1n) is 7.43. The number of nitrogens with zero attached hydrogens (tertiary/aromatic N) is 2. The molecule has 1 aromatic rings. The molecule has 2 heterocycles. The predicted molar refractivity (Wildman–Crippen MR) is 83.1 cm³/mol. The van der Waals surface area contributed by atoms with Crippen LogP contribution in [0.4, 0.5) is 5.69 Å². The van der Waals surface area contributed by atoms with Crippen molar-refractivity contribution in [2.24, 2.45) is 0 Å². The van der Waals surface area contributed by atoms with Crippen LogP contribution < -0.4 is 10.2 Å². The summed E-state index contributed by atoms with van der Waals surface area (Å²) in [5, 5.41) is 3.55. The lowest BCUT2D eigenvalue weighted by Gasteiger charge is -2.37. The molecule has 1 aliphatic heterocycles. The molecule has 1 saturated heterocycles. The molecule has 0 amide bonds. The monoisotopic (exact) mass is 277 g/mol. The van der Waals surface area contributed by atoms with E-state index in [-0.39, 0.29) is 17.7 Å². The highest BCUT2D eigenvalue weighted by Crippen LogP contribution is 2.24. The summed E-state index contributed by atoms with van der Waals surface area (Å²) >= 11 is 0. The topological polar surface area (TPSA) is 37.4 Å². The van der Waals surface area contributed by atoms with Gasteiger partial charge in [-0.05, 0) is 46.2 Å². The van der Waals surface area contributed by atoms with Crippen molar-refractivity contribution in [3.63, 3.8) is 0 Å². The highest BCUT2D eigenvalue weighted by atomic mass is 16.5. The summed E-state index contributed by atoms with van der Waals surface area (Å²) in [6, 6.07) is 2.11. The molecule has 0 unspecified atom stereocenters. The number of nitrogens with one attached hydrogen (secondary N) is 1. The lowest BCUT2D eigenvalue weighted by molar-refractivity contribution is -0.00528. The molecular weight excluding hydrogens is 250 g/mol. The maximum atomic E-state index is 5.81. The number of anilines is 1. The highest BCUT2D eigenvalue weighted by Gasteiger charge is 2.24. The molecule has 1 aromatic heterocycles. The van der Waals surface area contributed by atoms with Crippen molar-refractivity contribution in [3.8, 4) is 0 Å². The van der Waals surface area contributed by atoms with Gasteiger partial charge in [-0.3, -0.25) is 4.98 Å². The van der Waals surface area contributed by atoms with E-state index in [9.17, 15) is 0 Å². The van der Waals surface area contributed by atoms with Crippen LogP contribution in [0.25, 0.3) is 0 Å². The second-order valence-electron chi connectivity index (χ2n) is 6.77. The Morgan fingerprint density at radius 2 is 1.95 bits per heavy atom. The van der Waals surface area contributed by atoms with Crippen molar-refractivity contribution in [2.45, 2.75) is 58.9 Å². The predicted octanol–water partition coefficient (Wildman–Crippen LogP) is 2.58. The lowest BCUT2D eigenvalue weighted by atomic mass is 10.1. The number of ether oxygens (including phenoxy) is 1. The minimum atomic E-state index is 0.117. The van der Waals surface area contributed by atoms with E-state index < -0.39 is 0 Å². The fraction of sp³-hybridized carbons (Fsp3) is 0.688. The Bertz CT molecular complexity index is 432. The van der Waals surface area contributed by atoms with E-state index in [1.54, 1.807) is 0 Å². The summed E-state index contributed by atoms with van der Waals surface area (Å²) in [6.07, 6.45) is 4.38. The third-order valence-corrected chi connectivity index (χ3v) is 3.46. The molecule has 0 bridgehead atoms. The molecule has 0 saturated carbocycles. The van der Waals surface area contributed by atoms with Gasteiger partial charge in [0.2, 0.25) is 0 Å². The lowest BCUT2D eigenvalue weighted by Crippen LogP contribution is -2.46. The zero-order chi connectivity index (χ0) is 14.8. The number of morpholine rings is 1. The van der Waals surface area contributed by atoms with Crippen LogP contribution in [0.1, 0.15) is 40.2 Å². The largest absolute Gasteiger partial charge is 0.372 e. The van der Waals surface area contributed by atoms with Gasteiger partial charge in [-0.2, -0.15) is 0 Å². The van der Waals surface area contributed by atoms with Gasteiger partial charge in [-0.1, -0.05) is 0 Å².